The van der Waals surface area contributed by atoms with Gasteiger partial charge in [-0.05, 0) is 48.7 Å². The van der Waals surface area contributed by atoms with Crippen LogP contribution in [0.15, 0.2) is 40.5 Å². The van der Waals surface area contributed by atoms with Crippen molar-refractivity contribution in [1.82, 2.24) is 0 Å². The minimum absolute atomic E-state index is 0.163. The molecule has 1 aliphatic rings. The van der Waals surface area contributed by atoms with Gasteiger partial charge in [0.2, 0.25) is 0 Å². The fourth-order valence-corrected chi connectivity index (χ4v) is 3.77. The van der Waals surface area contributed by atoms with Crippen molar-refractivity contribution in [3.05, 3.63) is 47.0 Å². The van der Waals surface area contributed by atoms with E-state index in [2.05, 4.69) is 30.1 Å². The molecule has 0 saturated carbocycles. The Bertz CT molecular complexity index is 950. The van der Waals surface area contributed by atoms with E-state index in [1.54, 1.807) is 28.4 Å². The SMILES string of the molecule is CCC1=NN=C(c2ccc(OC)c(OC)c2)c2cc(OC)c(OC)cc2C1CC. The third-order valence-electron chi connectivity index (χ3n) is 5.29. The van der Waals surface area contributed by atoms with Crippen molar-refractivity contribution in [2.45, 2.75) is 32.6 Å². The van der Waals surface area contributed by atoms with Crippen LogP contribution >= 0.6 is 0 Å². The van der Waals surface area contributed by atoms with Gasteiger partial charge in [0.15, 0.2) is 23.0 Å². The number of benzene rings is 2. The molecule has 0 spiro atoms. The molecule has 0 bridgehead atoms. The fourth-order valence-electron chi connectivity index (χ4n) is 3.77. The first-order chi connectivity index (χ1) is 14.1. The van der Waals surface area contributed by atoms with Crippen molar-refractivity contribution in [3.63, 3.8) is 0 Å². The first-order valence-electron chi connectivity index (χ1n) is 9.74. The summed E-state index contributed by atoms with van der Waals surface area (Å²) in [5.74, 6) is 2.84. The predicted molar refractivity (Wildman–Crippen MR) is 115 cm³/mol. The quantitative estimate of drug-likeness (QED) is 0.672. The van der Waals surface area contributed by atoms with E-state index in [0.29, 0.717) is 23.0 Å². The summed E-state index contributed by atoms with van der Waals surface area (Å²) in [6.07, 6.45) is 1.75. The van der Waals surface area contributed by atoms with Crippen molar-refractivity contribution in [2.24, 2.45) is 10.2 Å². The number of nitrogens with zero attached hydrogens (tertiary/aromatic N) is 2. The van der Waals surface area contributed by atoms with E-state index < -0.39 is 0 Å². The van der Waals surface area contributed by atoms with Crippen LogP contribution in [-0.4, -0.2) is 39.9 Å². The lowest BCUT2D eigenvalue weighted by Gasteiger charge is -2.21. The van der Waals surface area contributed by atoms with E-state index in [-0.39, 0.29) is 5.92 Å². The molecule has 1 heterocycles. The van der Waals surface area contributed by atoms with E-state index in [1.165, 1.54) is 0 Å². The van der Waals surface area contributed by atoms with Crippen LogP contribution in [0.4, 0.5) is 0 Å². The second kappa shape index (κ2) is 8.99. The van der Waals surface area contributed by atoms with E-state index in [0.717, 1.165) is 41.0 Å². The topological polar surface area (TPSA) is 61.6 Å². The number of hydrogen-bond donors (Lipinski definition) is 0. The van der Waals surface area contributed by atoms with Gasteiger partial charge in [0.25, 0.3) is 0 Å². The molecular weight excluding hydrogens is 368 g/mol. The second-order valence-electron chi connectivity index (χ2n) is 6.72. The van der Waals surface area contributed by atoms with Gasteiger partial charge in [-0.2, -0.15) is 5.10 Å². The molecule has 2 aromatic carbocycles. The molecule has 1 aliphatic heterocycles. The first-order valence-corrected chi connectivity index (χ1v) is 9.74. The van der Waals surface area contributed by atoms with E-state index >= 15 is 0 Å². The van der Waals surface area contributed by atoms with Crippen LogP contribution in [0.1, 0.15) is 49.3 Å². The molecule has 0 saturated heterocycles. The predicted octanol–water partition coefficient (Wildman–Crippen LogP) is 4.83. The number of rotatable bonds is 7. The van der Waals surface area contributed by atoms with Gasteiger partial charge in [0, 0.05) is 22.8 Å². The third kappa shape index (κ3) is 3.79. The summed E-state index contributed by atoms with van der Waals surface area (Å²) in [4.78, 5) is 0. The van der Waals surface area contributed by atoms with E-state index in [4.69, 9.17) is 18.9 Å². The highest BCUT2D eigenvalue weighted by molar-refractivity contribution is 6.16. The Morgan fingerprint density at radius 2 is 1.38 bits per heavy atom. The molecule has 0 aromatic heterocycles. The summed E-state index contributed by atoms with van der Waals surface area (Å²) >= 11 is 0. The highest BCUT2D eigenvalue weighted by atomic mass is 16.5. The highest BCUT2D eigenvalue weighted by Crippen LogP contribution is 2.39. The molecule has 2 aromatic rings. The van der Waals surface area contributed by atoms with Gasteiger partial charge < -0.3 is 18.9 Å². The van der Waals surface area contributed by atoms with Gasteiger partial charge in [-0.15, -0.1) is 5.10 Å². The molecule has 0 amide bonds. The van der Waals surface area contributed by atoms with Gasteiger partial charge in [0.05, 0.1) is 28.4 Å². The van der Waals surface area contributed by atoms with Crippen LogP contribution in [0.25, 0.3) is 0 Å². The minimum Gasteiger partial charge on any atom is -0.493 e. The Morgan fingerprint density at radius 1 is 0.759 bits per heavy atom. The summed E-state index contributed by atoms with van der Waals surface area (Å²) in [5.41, 5.74) is 4.83. The Labute approximate surface area is 172 Å². The van der Waals surface area contributed by atoms with Gasteiger partial charge >= 0.3 is 0 Å². The largest absolute Gasteiger partial charge is 0.493 e. The van der Waals surface area contributed by atoms with Crippen molar-refractivity contribution in [3.8, 4) is 23.0 Å². The molecule has 0 fully saturated rings. The monoisotopic (exact) mass is 396 g/mol. The zero-order valence-electron chi connectivity index (χ0n) is 17.9. The summed E-state index contributed by atoms with van der Waals surface area (Å²) in [7, 11) is 6.54. The molecule has 6 nitrogen and oxygen atoms in total. The van der Waals surface area contributed by atoms with Crippen molar-refractivity contribution in [1.29, 1.82) is 0 Å². The minimum atomic E-state index is 0.163. The van der Waals surface area contributed by atoms with Gasteiger partial charge in [0.1, 0.15) is 5.71 Å². The molecule has 3 rings (SSSR count). The molecule has 1 unspecified atom stereocenters. The van der Waals surface area contributed by atoms with Crippen LogP contribution in [0, 0.1) is 0 Å². The summed E-state index contributed by atoms with van der Waals surface area (Å²) in [5, 5.41) is 9.29. The Balaban J connectivity index is 2.28. The number of hydrogen-bond acceptors (Lipinski definition) is 6. The lowest BCUT2D eigenvalue weighted by Crippen LogP contribution is -2.14. The van der Waals surface area contributed by atoms with Gasteiger partial charge in [-0.25, -0.2) is 0 Å². The molecule has 6 heteroatoms. The average molecular weight is 396 g/mol. The van der Waals surface area contributed by atoms with Crippen molar-refractivity contribution in [2.75, 3.05) is 28.4 Å². The van der Waals surface area contributed by atoms with E-state index in [1.807, 2.05) is 24.3 Å². The molecule has 29 heavy (non-hydrogen) atoms. The Morgan fingerprint density at radius 3 is 1.97 bits per heavy atom. The maximum Gasteiger partial charge on any atom is 0.161 e. The van der Waals surface area contributed by atoms with Crippen LogP contribution in [0.2, 0.25) is 0 Å². The lowest BCUT2D eigenvalue weighted by atomic mass is 9.84. The second-order valence-corrected chi connectivity index (χ2v) is 6.72. The van der Waals surface area contributed by atoms with Gasteiger partial charge in [-0.1, -0.05) is 13.8 Å². The highest BCUT2D eigenvalue weighted by Gasteiger charge is 2.27. The zero-order valence-corrected chi connectivity index (χ0v) is 17.9. The Hall–Kier alpha value is -3.02. The first kappa shape index (κ1) is 20.7. The van der Waals surface area contributed by atoms with Crippen LogP contribution in [0.5, 0.6) is 23.0 Å². The summed E-state index contributed by atoms with van der Waals surface area (Å²) in [6.45, 7) is 4.27. The lowest BCUT2D eigenvalue weighted by molar-refractivity contribution is 0.354. The normalized spacial score (nSPS) is 15.6. The molecule has 0 N–H and O–H groups in total. The smallest absolute Gasteiger partial charge is 0.161 e. The molecule has 0 radical (unpaired) electrons. The summed E-state index contributed by atoms with van der Waals surface area (Å²) in [6, 6.07) is 9.80. The van der Waals surface area contributed by atoms with Crippen molar-refractivity contribution < 1.29 is 18.9 Å². The molecule has 0 aliphatic carbocycles. The summed E-state index contributed by atoms with van der Waals surface area (Å²) < 4.78 is 22.0. The van der Waals surface area contributed by atoms with Crippen LogP contribution in [0.3, 0.4) is 0 Å². The zero-order chi connectivity index (χ0) is 21.0. The van der Waals surface area contributed by atoms with E-state index in [9.17, 15) is 0 Å². The standard InChI is InChI=1S/C23H28N2O4/c1-7-15-16-12-21(28-5)22(29-6)13-17(16)23(25-24-18(15)8-2)14-9-10-19(26-3)20(11-14)27-4/h9-13,15H,7-8H2,1-6H3. The third-order valence-corrected chi connectivity index (χ3v) is 5.29. The maximum atomic E-state index is 5.57. The Kier molecular flexibility index (Phi) is 6.42. The number of ether oxygens (including phenoxy) is 4. The average Bonchev–Trinajstić information content (AvgIpc) is 2.93. The van der Waals surface area contributed by atoms with Crippen molar-refractivity contribution >= 4 is 11.4 Å². The maximum absolute atomic E-state index is 5.57. The number of methoxy groups -OCH3 is 4. The van der Waals surface area contributed by atoms with Crippen LogP contribution < -0.4 is 18.9 Å². The number of fused-ring (bicyclic) bond motifs is 1. The van der Waals surface area contributed by atoms with Crippen LogP contribution in [-0.2, 0) is 0 Å². The van der Waals surface area contributed by atoms with Gasteiger partial charge in [-0.3, -0.25) is 0 Å². The molecule has 1 atom stereocenters. The fraction of sp³-hybridized carbons (Fsp3) is 0.391. The molecule has 154 valence electrons. The molecular formula is C23H28N2O4.